The summed E-state index contributed by atoms with van der Waals surface area (Å²) in [7, 11) is 0. The lowest BCUT2D eigenvalue weighted by Crippen LogP contribution is -2.62. The van der Waals surface area contributed by atoms with Gasteiger partial charge in [-0.15, -0.1) is 0 Å². The number of nitrogens with one attached hydrogen (secondary N) is 1. The van der Waals surface area contributed by atoms with E-state index in [-0.39, 0.29) is 13.2 Å². The first-order chi connectivity index (χ1) is 7.96. The zero-order valence-corrected chi connectivity index (χ0v) is 10.4. The van der Waals surface area contributed by atoms with Gasteiger partial charge in [0, 0.05) is 6.54 Å². The van der Waals surface area contributed by atoms with Crippen LogP contribution in [-0.2, 0) is 14.3 Å². The van der Waals surface area contributed by atoms with Gasteiger partial charge < -0.3 is 20.5 Å². The lowest BCUT2D eigenvalue weighted by molar-refractivity contribution is -0.188. The van der Waals surface area contributed by atoms with Gasteiger partial charge in [-0.3, -0.25) is 4.79 Å². The number of hydrogen-bond donors (Lipinski definition) is 2. The van der Waals surface area contributed by atoms with E-state index >= 15 is 0 Å². The summed E-state index contributed by atoms with van der Waals surface area (Å²) in [5.41, 5.74) is 2.05. The molecule has 1 fully saturated rings. The lowest BCUT2D eigenvalue weighted by Gasteiger charge is -2.26. The number of halogens is 3. The van der Waals surface area contributed by atoms with E-state index in [1.807, 2.05) is 0 Å². The van der Waals surface area contributed by atoms with Crippen LogP contribution in [-0.4, -0.2) is 42.7 Å². The molecular weight excluding hydrogens is 253 g/mol. The highest BCUT2D eigenvalue weighted by Crippen LogP contribution is 2.28. The molecule has 106 valence electrons. The van der Waals surface area contributed by atoms with Crippen LogP contribution in [0.5, 0.6) is 0 Å². The normalized spacial score (nSPS) is 26.7. The smallest absolute Gasteiger partial charge is 0.352 e. The number of hydrogen-bond acceptors (Lipinski definition) is 4. The predicted molar refractivity (Wildman–Crippen MR) is 56.6 cm³/mol. The van der Waals surface area contributed by atoms with Crippen molar-refractivity contribution < 1.29 is 27.4 Å². The fraction of sp³-hybridized carbons (Fsp3) is 0.900. The Hall–Kier alpha value is -0.860. The first-order valence-electron chi connectivity index (χ1n) is 5.41. The quantitative estimate of drug-likeness (QED) is 0.784. The molecule has 1 amide bonds. The van der Waals surface area contributed by atoms with Crippen molar-refractivity contribution in [2.45, 2.75) is 44.4 Å². The predicted octanol–water partition coefficient (Wildman–Crippen LogP) is 0.534. The summed E-state index contributed by atoms with van der Waals surface area (Å²) in [5, 5.41) is 2.12. The molecule has 0 bridgehead atoms. The van der Waals surface area contributed by atoms with Crippen LogP contribution in [0.25, 0.3) is 0 Å². The van der Waals surface area contributed by atoms with Crippen LogP contribution in [0, 0.1) is 0 Å². The zero-order valence-electron chi connectivity index (χ0n) is 10.4. The Morgan fingerprint density at radius 3 is 2.44 bits per heavy atom. The van der Waals surface area contributed by atoms with Crippen LogP contribution < -0.4 is 11.1 Å². The highest BCUT2D eigenvalue weighted by atomic mass is 19.4. The van der Waals surface area contributed by atoms with Gasteiger partial charge in [0.15, 0.2) is 11.3 Å². The van der Waals surface area contributed by atoms with Gasteiger partial charge in [-0.1, -0.05) is 0 Å². The molecule has 3 N–H and O–H groups in total. The SMILES string of the molecule is CC1(C)OCC(CNC(=O)C(C)(N)C(F)(F)F)O1. The maximum atomic E-state index is 12.5. The van der Waals surface area contributed by atoms with E-state index in [4.69, 9.17) is 15.2 Å². The van der Waals surface area contributed by atoms with Crippen molar-refractivity contribution in [2.75, 3.05) is 13.2 Å². The average Bonchev–Trinajstić information content (AvgIpc) is 2.52. The van der Waals surface area contributed by atoms with Gasteiger partial charge in [0.05, 0.1) is 6.61 Å². The molecule has 1 aliphatic rings. The van der Waals surface area contributed by atoms with Gasteiger partial charge >= 0.3 is 6.18 Å². The van der Waals surface area contributed by atoms with Gasteiger partial charge in [0.1, 0.15) is 6.10 Å². The second-order valence-electron chi connectivity index (χ2n) is 4.86. The van der Waals surface area contributed by atoms with Crippen molar-refractivity contribution in [1.82, 2.24) is 5.32 Å². The van der Waals surface area contributed by atoms with Crippen LogP contribution >= 0.6 is 0 Å². The fourth-order valence-electron chi connectivity index (χ4n) is 1.38. The molecule has 1 rings (SSSR count). The highest BCUT2D eigenvalue weighted by Gasteiger charge is 2.54. The fourth-order valence-corrected chi connectivity index (χ4v) is 1.38. The van der Waals surface area contributed by atoms with E-state index < -0.39 is 29.5 Å². The molecule has 0 radical (unpaired) electrons. The van der Waals surface area contributed by atoms with Crippen molar-refractivity contribution in [2.24, 2.45) is 5.73 Å². The van der Waals surface area contributed by atoms with E-state index in [1.54, 1.807) is 13.8 Å². The maximum absolute atomic E-state index is 12.5. The Morgan fingerprint density at radius 1 is 1.50 bits per heavy atom. The van der Waals surface area contributed by atoms with Crippen LogP contribution in [0.4, 0.5) is 13.2 Å². The molecule has 2 atom stereocenters. The zero-order chi connectivity index (χ0) is 14.2. The van der Waals surface area contributed by atoms with Gasteiger partial charge in [-0.25, -0.2) is 0 Å². The number of carbonyl (C=O) groups is 1. The van der Waals surface area contributed by atoms with Crippen LogP contribution in [0.2, 0.25) is 0 Å². The van der Waals surface area contributed by atoms with Crippen molar-refractivity contribution >= 4 is 5.91 Å². The Kier molecular flexibility index (Phi) is 3.94. The van der Waals surface area contributed by atoms with Crippen LogP contribution in [0.3, 0.4) is 0 Å². The number of nitrogens with two attached hydrogens (primary N) is 1. The summed E-state index contributed by atoms with van der Waals surface area (Å²) in [6, 6.07) is 0. The average molecular weight is 270 g/mol. The number of amides is 1. The largest absolute Gasteiger partial charge is 0.415 e. The molecular formula is C10H17F3N2O3. The van der Waals surface area contributed by atoms with E-state index in [0.29, 0.717) is 6.92 Å². The molecule has 18 heavy (non-hydrogen) atoms. The number of carbonyl (C=O) groups excluding carboxylic acids is 1. The highest BCUT2D eigenvalue weighted by molar-refractivity contribution is 5.86. The number of alkyl halides is 3. The molecule has 0 saturated carbocycles. The van der Waals surface area contributed by atoms with Gasteiger partial charge in [-0.2, -0.15) is 13.2 Å². The molecule has 5 nitrogen and oxygen atoms in total. The second-order valence-corrected chi connectivity index (χ2v) is 4.86. The topological polar surface area (TPSA) is 73.6 Å². The Balaban J connectivity index is 2.48. The first-order valence-corrected chi connectivity index (χ1v) is 5.41. The summed E-state index contributed by atoms with van der Waals surface area (Å²) >= 11 is 0. The number of rotatable bonds is 3. The van der Waals surface area contributed by atoms with Gasteiger partial charge in [0.25, 0.3) is 0 Å². The van der Waals surface area contributed by atoms with Crippen molar-refractivity contribution in [1.29, 1.82) is 0 Å². The minimum atomic E-state index is -4.80. The second kappa shape index (κ2) is 4.67. The van der Waals surface area contributed by atoms with E-state index in [1.165, 1.54) is 0 Å². The van der Waals surface area contributed by atoms with E-state index in [2.05, 4.69) is 5.32 Å². The van der Waals surface area contributed by atoms with Crippen molar-refractivity contribution in [3.63, 3.8) is 0 Å². The molecule has 8 heteroatoms. The molecule has 0 aliphatic carbocycles. The van der Waals surface area contributed by atoms with E-state index in [0.717, 1.165) is 0 Å². The molecule has 0 aromatic carbocycles. The maximum Gasteiger partial charge on any atom is 0.415 e. The van der Waals surface area contributed by atoms with Crippen LogP contribution in [0.15, 0.2) is 0 Å². The molecule has 2 unspecified atom stereocenters. The summed E-state index contributed by atoms with van der Waals surface area (Å²) in [5.74, 6) is -2.07. The Bertz CT molecular complexity index is 329. The lowest BCUT2D eigenvalue weighted by atomic mass is 10.0. The minimum absolute atomic E-state index is 0.0782. The van der Waals surface area contributed by atoms with Crippen molar-refractivity contribution in [3.8, 4) is 0 Å². The standard InChI is InChI=1S/C10H17F3N2O3/c1-8(2)17-5-6(18-8)4-15-7(16)9(3,14)10(11,12)13/h6H,4-5,14H2,1-3H3,(H,15,16). The minimum Gasteiger partial charge on any atom is -0.352 e. The molecule has 1 heterocycles. The molecule has 0 aromatic rings. The summed E-state index contributed by atoms with van der Waals surface area (Å²) < 4.78 is 47.9. The third kappa shape index (κ3) is 3.33. The summed E-state index contributed by atoms with van der Waals surface area (Å²) in [6.07, 6.45) is -5.28. The number of ether oxygens (including phenoxy) is 2. The monoisotopic (exact) mass is 270 g/mol. The molecule has 1 saturated heterocycles. The third-order valence-corrected chi connectivity index (χ3v) is 2.62. The van der Waals surface area contributed by atoms with E-state index in [9.17, 15) is 18.0 Å². The summed E-state index contributed by atoms with van der Waals surface area (Å²) in [6.45, 7) is 4.11. The molecule has 0 aromatic heterocycles. The van der Waals surface area contributed by atoms with Gasteiger partial charge in [-0.05, 0) is 20.8 Å². The van der Waals surface area contributed by atoms with Crippen LogP contribution in [0.1, 0.15) is 20.8 Å². The molecule has 1 aliphatic heterocycles. The first kappa shape index (κ1) is 15.2. The Morgan fingerprint density at radius 2 is 2.06 bits per heavy atom. The van der Waals surface area contributed by atoms with Crippen molar-refractivity contribution in [3.05, 3.63) is 0 Å². The summed E-state index contributed by atoms with van der Waals surface area (Å²) in [4.78, 5) is 11.4. The Labute approximate surface area is 103 Å². The van der Waals surface area contributed by atoms with Gasteiger partial charge in [0.2, 0.25) is 5.91 Å². The third-order valence-electron chi connectivity index (χ3n) is 2.62. The molecule has 0 spiro atoms.